The summed E-state index contributed by atoms with van der Waals surface area (Å²) in [7, 11) is 0. The van der Waals surface area contributed by atoms with Gasteiger partial charge in [0.25, 0.3) is 5.91 Å². The number of carboxylic acid groups (broad SMARTS) is 1. The number of carboxylic acids is 1. The van der Waals surface area contributed by atoms with Crippen molar-refractivity contribution >= 4 is 44.9 Å². The Bertz CT molecular complexity index is 1610. The first kappa shape index (κ1) is 31.1. The Morgan fingerprint density at radius 2 is 1.74 bits per heavy atom. The summed E-state index contributed by atoms with van der Waals surface area (Å²) in [6, 6.07) is 18.2. The molecule has 0 spiro atoms. The van der Waals surface area contributed by atoms with Crippen molar-refractivity contribution < 1.29 is 27.9 Å². The quantitative estimate of drug-likeness (QED) is 0.177. The van der Waals surface area contributed by atoms with Crippen LogP contribution in [-0.2, 0) is 11.0 Å². The van der Waals surface area contributed by atoms with Crippen molar-refractivity contribution in [2.24, 2.45) is 0 Å². The summed E-state index contributed by atoms with van der Waals surface area (Å²) in [5, 5.41) is 23.9. The third-order valence-corrected chi connectivity index (χ3v) is 8.51. The van der Waals surface area contributed by atoms with E-state index in [2.05, 4.69) is 12.2 Å². The predicted octanol–water partition coefficient (Wildman–Crippen LogP) is 8.76. The Hall–Kier alpha value is -3.87. The van der Waals surface area contributed by atoms with Crippen LogP contribution in [0.15, 0.2) is 66.0 Å². The number of benzene rings is 3. The lowest BCUT2D eigenvalue weighted by Crippen LogP contribution is -2.26. The standard InChI is InChI=1S/C32H28ClF3N2O3S/c1-2-3-4-25(19-5-7-21(8-6-19)31(41)38-14-13-28(39)40)29(20-9-11-24(33)12-10-20)27-18-42-30-22(17-37)15-23(16-26(27)30)32(34,35)36/h5-12,15-16,18,25,29H,2-4,13-14H2,1H3,(H,38,41)(H,39,40). The molecular formula is C32H28ClF3N2O3S. The van der Waals surface area contributed by atoms with Gasteiger partial charge in [-0.05, 0) is 76.2 Å². The zero-order valence-electron chi connectivity index (χ0n) is 22.7. The molecule has 2 unspecified atom stereocenters. The van der Waals surface area contributed by atoms with Crippen LogP contribution in [0.25, 0.3) is 10.1 Å². The highest BCUT2D eigenvalue weighted by Gasteiger charge is 2.34. The number of thiophene rings is 1. The van der Waals surface area contributed by atoms with Gasteiger partial charge in [-0.2, -0.15) is 18.4 Å². The zero-order valence-corrected chi connectivity index (χ0v) is 24.2. The number of rotatable bonds is 11. The van der Waals surface area contributed by atoms with E-state index >= 15 is 0 Å². The van der Waals surface area contributed by atoms with E-state index in [0.29, 0.717) is 26.2 Å². The normalized spacial score (nSPS) is 13.0. The number of halogens is 4. The molecule has 0 aliphatic carbocycles. The number of fused-ring (bicyclic) bond motifs is 1. The molecule has 4 rings (SSSR count). The van der Waals surface area contributed by atoms with Crippen molar-refractivity contribution in [1.82, 2.24) is 5.32 Å². The number of carbonyl (C=O) groups is 2. The third-order valence-electron chi connectivity index (χ3n) is 7.21. The third kappa shape index (κ3) is 7.12. The van der Waals surface area contributed by atoms with Crippen molar-refractivity contribution in [2.75, 3.05) is 6.54 Å². The summed E-state index contributed by atoms with van der Waals surface area (Å²) in [6.07, 6.45) is -2.34. The van der Waals surface area contributed by atoms with Gasteiger partial charge in [0.05, 0.1) is 22.2 Å². The number of carbonyl (C=O) groups excluding carboxylic acids is 1. The number of nitrogens with one attached hydrogen (secondary N) is 1. The first-order valence-electron chi connectivity index (χ1n) is 13.4. The van der Waals surface area contributed by atoms with E-state index in [4.69, 9.17) is 16.7 Å². The maximum Gasteiger partial charge on any atom is 0.416 e. The number of unbranched alkanes of at least 4 members (excludes halogenated alkanes) is 1. The summed E-state index contributed by atoms with van der Waals surface area (Å²) in [6.45, 7) is 2.07. The van der Waals surface area contributed by atoms with Crippen LogP contribution in [0.2, 0.25) is 5.02 Å². The molecule has 0 saturated heterocycles. The molecule has 0 bridgehead atoms. The number of hydrogen-bond acceptors (Lipinski definition) is 4. The summed E-state index contributed by atoms with van der Waals surface area (Å²) >= 11 is 7.45. The van der Waals surface area contributed by atoms with Crippen LogP contribution in [0.3, 0.4) is 0 Å². The van der Waals surface area contributed by atoms with Crippen molar-refractivity contribution in [1.29, 1.82) is 5.26 Å². The number of hydrogen-bond donors (Lipinski definition) is 2. The Balaban J connectivity index is 1.84. The lowest BCUT2D eigenvalue weighted by Gasteiger charge is -2.29. The van der Waals surface area contributed by atoms with Crippen LogP contribution < -0.4 is 5.32 Å². The fraction of sp³-hybridized carbons (Fsp3) is 0.281. The van der Waals surface area contributed by atoms with Gasteiger partial charge in [0.15, 0.2) is 0 Å². The molecule has 5 nitrogen and oxygen atoms in total. The number of amides is 1. The first-order chi connectivity index (χ1) is 20.0. The molecule has 0 aliphatic heterocycles. The maximum atomic E-state index is 13.9. The largest absolute Gasteiger partial charge is 0.481 e. The van der Waals surface area contributed by atoms with Crippen molar-refractivity contribution in [2.45, 2.75) is 50.6 Å². The number of nitrogens with zero attached hydrogens (tertiary/aromatic N) is 1. The highest BCUT2D eigenvalue weighted by molar-refractivity contribution is 7.17. The van der Waals surface area contributed by atoms with Gasteiger partial charge in [-0.15, -0.1) is 11.3 Å². The molecule has 1 heterocycles. The van der Waals surface area contributed by atoms with Crippen molar-refractivity contribution in [3.63, 3.8) is 0 Å². The molecule has 0 radical (unpaired) electrons. The number of aliphatic carboxylic acids is 1. The monoisotopic (exact) mass is 612 g/mol. The molecule has 10 heteroatoms. The number of alkyl halides is 3. The second-order valence-electron chi connectivity index (χ2n) is 10.0. The summed E-state index contributed by atoms with van der Waals surface area (Å²) in [5.41, 5.74) is 1.94. The Kier molecular flexibility index (Phi) is 9.92. The zero-order chi connectivity index (χ0) is 30.4. The first-order valence-corrected chi connectivity index (χ1v) is 14.7. The van der Waals surface area contributed by atoms with Crippen LogP contribution in [0.4, 0.5) is 13.2 Å². The average Bonchev–Trinajstić information content (AvgIpc) is 3.38. The molecule has 0 aliphatic rings. The second-order valence-corrected chi connectivity index (χ2v) is 11.3. The average molecular weight is 613 g/mol. The Labute approximate surface area is 250 Å². The van der Waals surface area contributed by atoms with Gasteiger partial charge < -0.3 is 10.4 Å². The molecule has 2 atom stereocenters. The minimum absolute atomic E-state index is 0.00349. The van der Waals surface area contributed by atoms with E-state index in [1.807, 2.05) is 35.7 Å². The minimum atomic E-state index is -4.61. The molecule has 1 aromatic heterocycles. The summed E-state index contributed by atoms with van der Waals surface area (Å²) < 4.78 is 42.1. The van der Waals surface area contributed by atoms with E-state index in [0.717, 1.165) is 42.5 Å². The molecule has 1 amide bonds. The van der Waals surface area contributed by atoms with Crippen LogP contribution in [-0.4, -0.2) is 23.5 Å². The van der Waals surface area contributed by atoms with E-state index in [1.165, 1.54) is 11.3 Å². The van der Waals surface area contributed by atoms with E-state index in [1.54, 1.807) is 24.3 Å². The fourth-order valence-electron chi connectivity index (χ4n) is 5.16. The van der Waals surface area contributed by atoms with Gasteiger partial charge >= 0.3 is 12.1 Å². The topological polar surface area (TPSA) is 90.2 Å². The fourth-order valence-corrected chi connectivity index (χ4v) is 6.34. The highest BCUT2D eigenvalue weighted by atomic mass is 35.5. The van der Waals surface area contributed by atoms with Crippen LogP contribution in [0.5, 0.6) is 0 Å². The predicted molar refractivity (Wildman–Crippen MR) is 158 cm³/mol. The SMILES string of the molecule is CCCCC(c1ccc(C(=O)NCCC(=O)O)cc1)C(c1ccc(Cl)cc1)c1csc2c(C#N)cc(C(F)(F)F)cc12. The number of nitriles is 1. The van der Waals surface area contributed by atoms with Crippen molar-refractivity contribution in [3.05, 3.63) is 104 Å². The summed E-state index contributed by atoms with van der Waals surface area (Å²) in [5.74, 6) is -1.95. The van der Waals surface area contributed by atoms with Gasteiger partial charge in [-0.3, -0.25) is 9.59 Å². The van der Waals surface area contributed by atoms with Crippen LogP contribution >= 0.6 is 22.9 Å². The second kappa shape index (κ2) is 13.4. The van der Waals surface area contributed by atoms with Crippen LogP contribution in [0.1, 0.15) is 82.6 Å². The van der Waals surface area contributed by atoms with Gasteiger partial charge in [-0.25, -0.2) is 0 Å². The van der Waals surface area contributed by atoms with Gasteiger partial charge in [-0.1, -0.05) is 55.6 Å². The minimum Gasteiger partial charge on any atom is -0.481 e. The Morgan fingerprint density at radius 1 is 1.07 bits per heavy atom. The molecule has 4 aromatic rings. The van der Waals surface area contributed by atoms with Gasteiger partial charge in [0.2, 0.25) is 0 Å². The Morgan fingerprint density at radius 3 is 2.33 bits per heavy atom. The molecule has 42 heavy (non-hydrogen) atoms. The summed E-state index contributed by atoms with van der Waals surface area (Å²) in [4.78, 5) is 23.3. The van der Waals surface area contributed by atoms with Crippen molar-refractivity contribution in [3.8, 4) is 6.07 Å². The maximum absolute atomic E-state index is 13.9. The molecule has 2 N–H and O–H groups in total. The molecule has 3 aromatic carbocycles. The van der Waals surface area contributed by atoms with Crippen LogP contribution in [0, 0.1) is 11.3 Å². The highest BCUT2D eigenvalue weighted by Crippen LogP contribution is 2.47. The smallest absolute Gasteiger partial charge is 0.416 e. The molecule has 218 valence electrons. The van der Waals surface area contributed by atoms with E-state index < -0.39 is 23.6 Å². The molecule has 0 saturated carbocycles. The molecular weight excluding hydrogens is 585 g/mol. The van der Waals surface area contributed by atoms with Gasteiger partial charge in [0, 0.05) is 23.0 Å². The lowest BCUT2D eigenvalue weighted by atomic mass is 9.74. The van der Waals surface area contributed by atoms with E-state index in [9.17, 15) is 28.0 Å². The van der Waals surface area contributed by atoms with Gasteiger partial charge in [0.1, 0.15) is 6.07 Å². The molecule has 0 fully saturated rings. The lowest BCUT2D eigenvalue weighted by molar-refractivity contribution is -0.138. The van der Waals surface area contributed by atoms with E-state index in [-0.39, 0.29) is 30.4 Å².